The van der Waals surface area contributed by atoms with Crippen LogP contribution < -0.4 is 4.74 Å². The van der Waals surface area contributed by atoms with Crippen LogP contribution in [0.1, 0.15) is 16.1 Å². The number of ketones is 1. The lowest BCUT2D eigenvalue weighted by Gasteiger charge is -2.05. The lowest BCUT2D eigenvalue weighted by atomic mass is 10.1. The Balaban J connectivity index is 2.19. The van der Waals surface area contributed by atoms with Crippen molar-refractivity contribution in [3.63, 3.8) is 0 Å². The Morgan fingerprint density at radius 2 is 2.17 bits per heavy atom. The van der Waals surface area contributed by atoms with Crippen molar-refractivity contribution >= 4 is 5.78 Å². The van der Waals surface area contributed by atoms with E-state index in [9.17, 15) is 9.18 Å². The van der Waals surface area contributed by atoms with Crippen molar-refractivity contribution in [1.29, 1.82) is 0 Å². The molecular weight excluding hydrogens is 233 g/mol. The Labute approximate surface area is 104 Å². The van der Waals surface area contributed by atoms with Gasteiger partial charge in [0.15, 0.2) is 17.3 Å². The standard InChI is InChI=1S/C14H12FNO2/c1-18-14-8-10(5-6-12(14)15)13(17)9-11-4-2-3-7-16-11/h2-8H,9H2,1H3. The molecule has 0 bridgehead atoms. The third-order valence-electron chi connectivity index (χ3n) is 2.54. The minimum absolute atomic E-state index is 0.0712. The molecular formula is C14H12FNO2. The Morgan fingerprint density at radius 1 is 1.33 bits per heavy atom. The molecule has 18 heavy (non-hydrogen) atoms. The van der Waals surface area contributed by atoms with E-state index in [4.69, 9.17) is 4.74 Å². The van der Waals surface area contributed by atoms with Crippen LogP contribution in [-0.4, -0.2) is 17.9 Å². The van der Waals surface area contributed by atoms with Crippen molar-refractivity contribution in [2.45, 2.75) is 6.42 Å². The van der Waals surface area contributed by atoms with E-state index in [1.807, 2.05) is 6.07 Å². The smallest absolute Gasteiger partial charge is 0.168 e. The number of carbonyl (C=O) groups excluding carboxylic acids is 1. The average molecular weight is 245 g/mol. The van der Waals surface area contributed by atoms with E-state index < -0.39 is 5.82 Å². The summed E-state index contributed by atoms with van der Waals surface area (Å²) in [4.78, 5) is 16.1. The number of pyridine rings is 1. The van der Waals surface area contributed by atoms with E-state index in [1.54, 1.807) is 18.3 Å². The number of hydrogen-bond acceptors (Lipinski definition) is 3. The molecule has 0 atom stereocenters. The Bertz CT molecular complexity index is 555. The van der Waals surface area contributed by atoms with Crippen molar-refractivity contribution in [2.75, 3.05) is 7.11 Å². The molecule has 92 valence electrons. The maximum atomic E-state index is 13.2. The van der Waals surface area contributed by atoms with Gasteiger partial charge in [-0.1, -0.05) is 6.07 Å². The first kappa shape index (κ1) is 12.2. The van der Waals surface area contributed by atoms with Crippen LogP contribution in [0.15, 0.2) is 42.6 Å². The molecule has 0 saturated carbocycles. The molecule has 2 aromatic rings. The topological polar surface area (TPSA) is 39.2 Å². The summed E-state index contributed by atoms with van der Waals surface area (Å²) in [6, 6.07) is 9.46. The molecule has 0 radical (unpaired) electrons. The number of aromatic nitrogens is 1. The van der Waals surface area contributed by atoms with Crippen molar-refractivity contribution in [2.24, 2.45) is 0 Å². The minimum atomic E-state index is -0.480. The predicted molar refractivity (Wildman–Crippen MR) is 65.2 cm³/mol. The summed E-state index contributed by atoms with van der Waals surface area (Å²) in [7, 11) is 1.37. The third kappa shape index (κ3) is 2.71. The van der Waals surface area contributed by atoms with E-state index in [0.717, 1.165) is 0 Å². The lowest BCUT2D eigenvalue weighted by molar-refractivity contribution is 0.0991. The zero-order chi connectivity index (χ0) is 13.0. The molecule has 0 aliphatic carbocycles. The SMILES string of the molecule is COc1cc(C(=O)Cc2ccccn2)ccc1F. The van der Waals surface area contributed by atoms with Crippen LogP contribution in [0.2, 0.25) is 0 Å². The molecule has 2 rings (SSSR count). The van der Waals surface area contributed by atoms with Gasteiger partial charge in [0, 0.05) is 17.5 Å². The highest BCUT2D eigenvalue weighted by Crippen LogP contribution is 2.19. The van der Waals surface area contributed by atoms with Gasteiger partial charge in [0.05, 0.1) is 13.5 Å². The quantitative estimate of drug-likeness (QED) is 0.777. The zero-order valence-electron chi connectivity index (χ0n) is 9.89. The van der Waals surface area contributed by atoms with Crippen LogP contribution >= 0.6 is 0 Å². The number of hydrogen-bond donors (Lipinski definition) is 0. The number of methoxy groups -OCH3 is 1. The first-order valence-electron chi connectivity index (χ1n) is 5.47. The molecule has 0 amide bonds. The monoisotopic (exact) mass is 245 g/mol. The normalized spacial score (nSPS) is 10.1. The summed E-state index contributed by atoms with van der Waals surface area (Å²) >= 11 is 0. The summed E-state index contributed by atoms with van der Waals surface area (Å²) in [6.45, 7) is 0. The van der Waals surface area contributed by atoms with E-state index >= 15 is 0 Å². The summed E-state index contributed by atoms with van der Waals surface area (Å²) in [6.07, 6.45) is 1.82. The predicted octanol–water partition coefficient (Wildman–Crippen LogP) is 2.65. The second-order valence-electron chi connectivity index (χ2n) is 3.77. The van der Waals surface area contributed by atoms with Crippen LogP contribution in [0.3, 0.4) is 0 Å². The molecule has 0 N–H and O–H groups in total. The van der Waals surface area contributed by atoms with Crippen LogP contribution in [0.5, 0.6) is 5.75 Å². The van der Waals surface area contributed by atoms with E-state index in [2.05, 4.69) is 4.98 Å². The third-order valence-corrected chi connectivity index (χ3v) is 2.54. The fraction of sp³-hybridized carbons (Fsp3) is 0.143. The molecule has 1 aromatic carbocycles. The molecule has 1 aromatic heterocycles. The summed E-state index contributed by atoms with van der Waals surface area (Å²) in [5, 5.41) is 0. The maximum absolute atomic E-state index is 13.2. The first-order valence-corrected chi connectivity index (χ1v) is 5.47. The van der Waals surface area contributed by atoms with Gasteiger partial charge in [-0.15, -0.1) is 0 Å². The molecule has 0 fully saturated rings. The maximum Gasteiger partial charge on any atom is 0.168 e. The molecule has 0 aliphatic heterocycles. The largest absolute Gasteiger partial charge is 0.494 e. The molecule has 3 nitrogen and oxygen atoms in total. The van der Waals surface area contributed by atoms with Crippen molar-refractivity contribution in [3.05, 3.63) is 59.7 Å². The van der Waals surface area contributed by atoms with E-state index in [-0.39, 0.29) is 18.0 Å². The Morgan fingerprint density at radius 3 is 2.83 bits per heavy atom. The fourth-order valence-corrected chi connectivity index (χ4v) is 1.60. The van der Waals surface area contributed by atoms with Gasteiger partial charge >= 0.3 is 0 Å². The van der Waals surface area contributed by atoms with Crippen molar-refractivity contribution in [3.8, 4) is 5.75 Å². The van der Waals surface area contributed by atoms with Gasteiger partial charge in [0.1, 0.15) is 0 Å². The van der Waals surface area contributed by atoms with Crippen molar-refractivity contribution < 1.29 is 13.9 Å². The second-order valence-corrected chi connectivity index (χ2v) is 3.77. The molecule has 4 heteroatoms. The summed E-state index contributed by atoms with van der Waals surface area (Å²) in [5.74, 6) is -0.527. The highest BCUT2D eigenvalue weighted by atomic mass is 19.1. The molecule has 0 unspecified atom stereocenters. The van der Waals surface area contributed by atoms with Gasteiger partial charge in [-0.3, -0.25) is 9.78 Å². The van der Waals surface area contributed by atoms with Crippen molar-refractivity contribution in [1.82, 2.24) is 4.98 Å². The highest BCUT2D eigenvalue weighted by molar-refractivity contribution is 5.97. The van der Waals surface area contributed by atoms with Crippen LogP contribution in [-0.2, 0) is 6.42 Å². The number of halogens is 1. The number of carbonyl (C=O) groups is 1. The summed E-state index contributed by atoms with van der Waals surface area (Å²) in [5.41, 5.74) is 1.10. The minimum Gasteiger partial charge on any atom is -0.494 e. The Hall–Kier alpha value is -2.23. The number of benzene rings is 1. The van der Waals surface area contributed by atoms with Crippen LogP contribution in [0.25, 0.3) is 0 Å². The number of rotatable bonds is 4. The zero-order valence-corrected chi connectivity index (χ0v) is 9.89. The lowest BCUT2D eigenvalue weighted by Crippen LogP contribution is -2.05. The van der Waals surface area contributed by atoms with E-state index in [1.165, 1.54) is 25.3 Å². The molecule has 0 saturated heterocycles. The fourth-order valence-electron chi connectivity index (χ4n) is 1.60. The van der Waals surface area contributed by atoms with E-state index in [0.29, 0.717) is 11.3 Å². The van der Waals surface area contributed by atoms with Gasteiger partial charge in [-0.25, -0.2) is 4.39 Å². The van der Waals surface area contributed by atoms with Gasteiger partial charge in [-0.2, -0.15) is 0 Å². The van der Waals surface area contributed by atoms with Gasteiger partial charge < -0.3 is 4.74 Å². The number of nitrogens with zero attached hydrogens (tertiary/aromatic N) is 1. The summed E-state index contributed by atoms with van der Waals surface area (Å²) < 4.78 is 18.1. The Kier molecular flexibility index (Phi) is 3.67. The first-order chi connectivity index (χ1) is 8.70. The van der Waals surface area contributed by atoms with Gasteiger partial charge in [-0.05, 0) is 30.3 Å². The van der Waals surface area contributed by atoms with Crippen LogP contribution in [0, 0.1) is 5.82 Å². The average Bonchev–Trinajstić information content (AvgIpc) is 2.40. The number of Topliss-reactive ketones (excluding diaryl/α,β-unsaturated/α-hetero) is 1. The molecule has 0 spiro atoms. The van der Waals surface area contributed by atoms with Gasteiger partial charge in [0.2, 0.25) is 0 Å². The molecule has 0 aliphatic rings. The highest BCUT2D eigenvalue weighted by Gasteiger charge is 2.11. The van der Waals surface area contributed by atoms with Gasteiger partial charge in [0.25, 0.3) is 0 Å². The van der Waals surface area contributed by atoms with Crippen LogP contribution in [0.4, 0.5) is 4.39 Å². The number of ether oxygens (including phenoxy) is 1. The molecule has 1 heterocycles. The second kappa shape index (κ2) is 5.40.